The Labute approximate surface area is 105 Å². The van der Waals surface area contributed by atoms with E-state index in [0.717, 1.165) is 6.20 Å². The lowest BCUT2D eigenvalue weighted by molar-refractivity contribution is 0.101. The molecular formula is C13H16FNOS. The van der Waals surface area contributed by atoms with Crippen molar-refractivity contribution in [2.24, 2.45) is 0 Å². The first-order valence-corrected chi connectivity index (χ1v) is 7.06. The minimum absolute atomic E-state index is 0.125. The first kappa shape index (κ1) is 12.6. The van der Waals surface area contributed by atoms with Gasteiger partial charge < -0.3 is 0 Å². The predicted molar refractivity (Wildman–Crippen MR) is 67.9 cm³/mol. The van der Waals surface area contributed by atoms with Gasteiger partial charge in [-0.1, -0.05) is 19.3 Å². The summed E-state index contributed by atoms with van der Waals surface area (Å²) in [5.41, 5.74) is 0.170. The molecule has 1 aliphatic carbocycles. The van der Waals surface area contributed by atoms with Crippen LogP contribution in [0.15, 0.2) is 18.5 Å². The van der Waals surface area contributed by atoms with E-state index in [9.17, 15) is 9.18 Å². The number of hydrogen-bond donors (Lipinski definition) is 0. The number of halogens is 1. The topological polar surface area (TPSA) is 30.0 Å². The van der Waals surface area contributed by atoms with Gasteiger partial charge in [0.15, 0.2) is 11.6 Å². The molecule has 0 radical (unpaired) electrons. The number of carbonyl (C=O) groups is 1. The van der Waals surface area contributed by atoms with Crippen molar-refractivity contribution in [3.63, 3.8) is 0 Å². The normalized spacial score (nSPS) is 17.0. The molecule has 92 valence electrons. The highest BCUT2D eigenvalue weighted by molar-refractivity contribution is 8.00. The lowest BCUT2D eigenvalue weighted by Gasteiger charge is -2.20. The van der Waals surface area contributed by atoms with Crippen molar-refractivity contribution in [3.8, 4) is 0 Å². The zero-order valence-electron chi connectivity index (χ0n) is 9.69. The van der Waals surface area contributed by atoms with Crippen molar-refractivity contribution in [1.82, 2.24) is 4.98 Å². The van der Waals surface area contributed by atoms with E-state index >= 15 is 0 Å². The summed E-state index contributed by atoms with van der Waals surface area (Å²) in [6.45, 7) is 0. The van der Waals surface area contributed by atoms with Crippen molar-refractivity contribution in [1.29, 1.82) is 0 Å². The summed E-state index contributed by atoms with van der Waals surface area (Å²) in [4.78, 5) is 15.5. The molecule has 0 aromatic carbocycles. The number of ketones is 1. The van der Waals surface area contributed by atoms with Crippen LogP contribution < -0.4 is 0 Å². The molecule has 2 rings (SSSR count). The maximum atomic E-state index is 13.3. The quantitative estimate of drug-likeness (QED) is 0.770. The second-order valence-electron chi connectivity index (χ2n) is 4.35. The van der Waals surface area contributed by atoms with Crippen molar-refractivity contribution in [3.05, 3.63) is 29.8 Å². The Balaban J connectivity index is 1.87. The average molecular weight is 253 g/mol. The van der Waals surface area contributed by atoms with E-state index in [1.165, 1.54) is 44.4 Å². The van der Waals surface area contributed by atoms with Gasteiger partial charge >= 0.3 is 0 Å². The fourth-order valence-corrected chi connectivity index (χ4v) is 3.31. The van der Waals surface area contributed by atoms with Gasteiger partial charge in [0.2, 0.25) is 0 Å². The summed E-state index contributed by atoms with van der Waals surface area (Å²) in [5.74, 6) is -0.256. The summed E-state index contributed by atoms with van der Waals surface area (Å²) in [7, 11) is 0. The van der Waals surface area contributed by atoms with Gasteiger partial charge in [-0.2, -0.15) is 11.8 Å². The second kappa shape index (κ2) is 6.15. The van der Waals surface area contributed by atoms with Gasteiger partial charge in [0.05, 0.1) is 17.5 Å². The van der Waals surface area contributed by atoms with E-state index in [2.05, 4.69) is 4.98 Å². The van der Waals surface area contributed by atoms with Gasteiger partial charge in [-0.25, -0.2) is 4.39 Å². The molecule has 0 amide bonds. The lowest BCUT2D eigenvalue weighted by atomic mass is 10.0. The molecule has 0 N–H and O–H groups in total. The number of Topliss-reactive ketones (excluding diaryl/α,β-unsaturated/α-hetero) is 1. The Kier molecular flexibility index (Phi) is 4.54. The number of hydrogen-bond acceptors (Lipinski definition) is 3. The predicted octanol–water partition coefficient (Wildman–Crippen LogP) is 3.47. The van der Waals surface area contributed by atoms with Gasteiger partial charge in [0.1, 0.15) is 0 Å². The van der Waals surface area contributed by atoms with Crippen LogP contribution in [0, 0.1) is 5.82 Å². The molecule has 4 heteroatoms. The Bertz CT molecular complexity index is 391. The monoisotopic (exact) mass is 253 g/mol. The van der Waals surface area contributed by atoms with Crippen molar-refractivity contribution in [2.45, 2.75) is 37.4 Å². The molecule has 0 aliphatic heterocycles. The van der Waals surface area contributed by atoms with Crippen LogP contribution >= 0.6 is 11.8 Å². The van der Waals surface area contributed by atoms with E-state index in [-0.39, 0.29) is 11.3 Å². The molecule has 1 fully saturated rings. The van der Waals surface area contributed by atoms with E-state index in [1.807, 2.05) is 0 Å². The minimum Gasteiger partial charge on any atom is -0.293 e. The summed E-state index contributed by atoms with van der Waals surface area (Å²) >= 11 is 1.67. The maximum Gasteiger partial charge on any atom is 0.175 e. The summed E-state index contributed by atoms with van der Waals surface area (Å²) < 4.78 is 13.3. The van der Waals surface area contributed by atoms with E-state index < -0.39 is 5.82 Å². The number of nitrogens with zero attached hydrogens (tertiary/aromatic N) is 1. The van der Waals surface area contributed by atoms with Crippen LogP contribution in [0.3, 0.4) is 0 Å². The SMILES string of the molecule is O=C(CSC1CCCCC1)c1ccncc1F. The summed E-state index contributed by atoms with van der Waals surface area (Å²) in [5, 5.41) is 0.581. The average Bonchev–Trinajstić information content (AvgIpc) is 2.38. The van der Waals surface area contributed by atoms with Crippen LogP contribution in [-0.4, -0.2) is 21.8 Å². The van der Waals surface area contributed by atoms with E-state index in [1.54, 1.807) is 11.8 Å². The van der Waals surface area contributed by atoms with Crippen LogP contribution in [0.5, 0.6) is 0 Å². The molecule has 1 aromatic rings. The molecule has 1 heterocycles. The number of rotatable bonds is 4. The molecule has 1 saturated carbocycles. The van der Waals surface area contributed by atoms with Gasteiger partial charge in [0, 0.05) is 11.4 Å². The minimum atomic E-state index is -0.512. The number of pyridine rings is 1. The number of thioether (sulfide) groups is 1. The first-order chi connectivity index (χ1) is 8.27. The second-order valence-corrected chi connectivity index (χ2v) is 5.64. The third-order valence-corrected chi connectivity index (χ3v) is 4.45. The highest BCUT2D eigenvalue weighted by atomic mass is 32.2. The first-order valence-electron chi connectivity index (χ1n) is 6.01. The Hall–Kier alpha value is -0.900. The van der Waals surface area contributed by atoms with Crippen molar-refractivity contribution >= 4 is 17.5 Å². The van der Waals surface area contributed by atoms with Crippen LogP contribution in [0.1, 0.15) is 42.5 Å². The molecule has 2 nitrogen and oxygen atoms in total. The smallest absolute Gasteiger partial charge is 0.175 e. The Morgan fingerprint density at radius 1 is 1.41 bits per heavy atom. The molecule has 0 saturated heterocycles. The maximum absolute atomic E-state index is 13.3. The highest BCUT2D eigenvalue weighted by Gasteiger charge is 2.17. The van der Waals surface area contributed by atoms with Crippen LogP contribution in [0.25, 0.3) is 0 Å². The zero-order chi connectivity index (χ0) is 12.1. The highest BCUT2D eigenvalue weighted by Crippen LogP contribution is 2.28. The fraction of sp³-hybridized carbons (Fsp3) is 0.538. The molecule has 0 spiro atoms. The van der Waals surface area contributed by atoms with Crippen LogP contribution in [0.4, 0.5) is 4.39 Å². The van der Waals surface area contributed by atoms with Crippen LogP contribution in [0.2, 0.25) is 0 Å². The zero-order valence-corrected chi connectivity index (χ0v) is 10.5. The molecule has 17 heavy (non-hydrogen) atoms. The third-order valence-electron chi connectivity index (χ3n) is 3.08. The molecule has 1 aliphatic rings. The Morgan fingerprint density at radius 3 is 2.88 bits per heavy atom. The van der Waals surface area contributed by atoms with E-state index in [0.29, 0.717) is 11.0 Å². The summed E-state index contributed by atoms with van der Waals surface area (Å²) in [6.07, 6.45) is 8.77. The van der Waals surface area contributed by atoms with Gasteiger partial charge in [-0.15, -0.1) is 0 Å². The van der Waals surface area contributed by atoms with E-state index in [4.69, 9.17) is 0 Å². The summed E-state index contributed by atoms with van der Waals surface area (Å²) in [6, 6.07) is 1.46. The molecule has 0 atom stereocenters. The van der Waals surface area contributed by atoms with Crippen LogP contribution in [-0.2, 0) is 0 Å². The molecule has 0 unspecified atom stereocenters. The lowest BCUT2D eigenvalue weighted by Crippen LogP contribution is -2.13. The molecule has 0 bridgehead atoms. The third kappa shape index (κ3) is 3.53. The molecule has 1 aromatic heterocycles. The standard InChI is InChI=1S/C13H16FNOS/c14-12-8-15-7-6-11(12)13(16)9-17-10-4-2-1-3-5-10/h6-8,10H,1-5,9H2. The van der Waals surface area contributed by atoms with Gasteiger partial charge in [0.25, 0.3) is 0 Å². The van der Waals surface area contributed by atoms with Gasteiger partial charge in [-0.05, 0) is 18.9 Å². The molecular weight excluding hydrogens is 237 g/mol. The fourth-order valence-electron chi connectivity index (χ4n) is 2.10. The van der Waals surface area contributed by atoms with Crippen molar-refractivity contribution < 1.29 is 9.18 Å². The van der Waals surface area contributed by atoms with Gasteiger partial charge in [-0.3, -0.25) is 9.78 Å². The van der Waals surface area contributed by atoms with Crippen molar-refractivity contribution in [2.75, 3.05) is 5.75 Å². The largest absolute Gasteiger partial charge is 0.293 e. The number of aromatic nitrogens is 1. The Morgan fingerprint density at radius 2 is 2.18 bits per heavy atom. The number of carbonyl (C=O) groups excluding carboxylic acids is 1.